The third-order valence-corrected chi connectivity index (χ3v) is 18.3. The van der Waals surface area contributed by atoms with Gasteiger partial charge in [-0.05, 0) is 104 Å². The zero-order chi connectivity index (χ0) is 48.4. The number of anilines is 5. The van der Waals surface area contributed by atoms with Gasteiger partial charge >= 0.3 is 6.85 Å². The minimum Gasteiger partial charge on any atom is -0.375 e. The fourth-order valence-electron chi connectivity index (χ4n) is 12.4. The number of benzene rings is 10. The summed E-state index contributed by atoms with van der Waals surface area (Å²) in [5, 5.41) is 10.3. The summed E-state index contributed by atoms with van der Waals surface area (Å²) in [6.45, 7) is 13.7. The van der Waals surface area contributed by atoms with Crippen LogP contribution in [-0.2, 0) is 10.8 Å². The highest BCUT2D eigenvalue weighted by molar-refractivity contribution is 7.27. The standard InChI is InChI=1S/C66H50BN3S2/c1-65(2,3)40-26-30-42(31-27-40)68(43-32-28-41(29-33-43)66(4,5)6)44-37-52-59-54(36-35-51-47-18-10-12-24-58(47)72-64(51)59)70(55-22-14-20-50-46-17-9-11-23-57(46)71-63(50)55)67-53-21-13-19-48-49-34-25-39-15-7-8-16-45(39)61(49)69(62(48)53)56(38-44)60(52)67/h7-38H,1-6H3. The minimum atomic E-state index is -0.128. The zero-order valence-corrected chi connectivity index (χ0v) is 42.8. The smallest absolute Gasteiger partial charge is 0.333 e. The first-order valence-corrected chi connectivity index (χ1v) is 26.9. The van der Waals surface area contributed by atoms with E-state index in [0.717, 1.165) is 17.1 Å². The van der Waals surface area contributed by atoms with Crippen LogP contribution in [-0.4, -0.2) is 11.4 Å². The Balaban J connectivity index is 1.12. The molecule has 0 spiro atoms. The third kappa shape index (κ3) is 5.91. The van der Waals surface area contributed by atoms with E-state index >= 15 is 0 Å². The van der Waals surface area contributed by atoms with Crippen LogP contribution in [0, 0.1) is 0 Å². The molecule has 0 amide bonds. The molecule has 2 aliphatic rings. The fraction of sp³-hybridized carbons (Fsp3) is 0.121. The number of thiophene rings is 2. The second-order valence-corrected chi connectivity index (χ2v) is 24.2. The second kappa shape index (κ2) is 15.0. The van der Waals surface area contributed by atoms with Gasteiger partial charge in [0, 0.05) is 91.5 Å². The van der Waals surface area contributed by atoms with E-state index in [4.69, 9.17) is 0 Å². The quantitative estimate of drug-likeness (QED) is 0.163. The molecular formula is C66H50BN3S2. The number of para-hydroxylation sites is 1. The number of hydrogen-bond acceptors (Lipinski definition) is 4. The Labute approximate surface area is 427 Å². The molecule has 72 heavy (non-hydrogen) atoms. The maximum absolute atomic E-state index is 2.74. The van der Waals surface area contributed by atoms with Crippen LogP contribution in [0.25, 0.3) is 89.7 Å². The Morgan fingerprint density at radius 1 is 0.417 bits per heavy atom. The number of fused-ring (bicyclic) bond motifs is 16. The molecule has 13 aromatic rings. The van der Waals surface area contributed by atoms with Crippen molar-refractivity contribution in [1.82, 2.24) is 4.57 Å². The van der Waals surface area contributed by atoms with Gasteiger partial charge in [0.25, 0.3) is 0 Å². The minimum absolute atomic E-state index is 0.0190. The molecule has 2 aliphatic heterocycles. The van der Waals surface area contributed by atoms with E-state index < -0.39 is 0 Å². The van der Waals surface area contributed by atoms with E-state index in [9.17, 15) is 0 Å². The summed E-state index contributed by atoms with van der Waals surface area (Å²) in [7, 11) is 0. The molecule has 10 aromatic carbocycles. The zero-order valence-electron chi connectivity index (χ0n) is 41.2. The van der Waals surface area contributed by atoms with Crippen LogP contribution in [0.4, 0.5) is 28.4 Å². The van der Waals surface area contributed by atoms with Crippen LogP contribution < -0.4 is 20.6 Å². The summed E-state index contributed by atoms with van der Waals surface area (Å²) in [5.41, 5.74) is 17.6. The topological polar surface area (TPSA) is 11.4 Å². The van der Waals surface area contributed by atoms with Gasteiger partial charge in [-0.3, -0.25) is 0 Å². The first kappa shape index (κ1) is 42.1. The molecule has 0 saturated heterocycles. The molecule has 0 radical (unpaired) electrons. The first-order chi connectivity index (χ1) is 35.0. The van der Waals surface area contributed by atoms with E-state index in [2.05, 4.69) is 250 Å². The lowest BCUT2D eigenvalue weighted by Crippen LogP contribution is -2.60. The lowest BCUT2D eigenvalue weighted by atomic mass is 9.44. The Morgan fingerprint density at radius 3 is 1.65 bits per heavy atom. The van der Waals surface area contributed by atoms with Gasteiger partial charge in [-0.1, -0.05) is 175 Å². The molecule has 5 heterocycles. The van der Waals surface area contributed by atoms with Crippen molar-refractivity contribution < 1.29 is 0 Å². The summed E-state index contributed by atoms with van der Waals surface area (Å²) in [6.07, 6.45) is 0. The van der Waals surface area contributed by atoms with Crippen molar-refractivity contribution in [1.29, 1.82) is 0 Å². The van der Waals surface area contributed by atoms with Gasteiger partial charge in [0.2, 0.25) is 0 Å². The van der Waals surface area contributed by atoms with Crippen molar-refractivity contribution in [3.63, 3.8) is 0 Å². The third-order valence-electron chi connectivity index (χ3n) is 15.9. The van der Waals surface area contributed by atoms with Gasteiger partial charge < -0.3 is 14.3 Å². The molecule has 344 valence electrons. The number of rotatable bonds is 4. The lowest BCUT2D eigenvalue weighted by molar-refractivity contribution is 0.590. The number of aromatic nitrogens is 1. The van der Waals surface area contributed by atoms with Crippen molar-refractivity contribution in [3.05, 3.63) is 205 Å². The largest absolute Gasteiger partial charge is 0.375 e. The van der Waals surface area contributed by atoms with Crippen LogP contribution in [0.2, 0.25) is 0 Å². The van der Waals surface area contributed by atoms with Crippen LogP contribution in [0.15, 0.2) is 194 Å². The normalized spacial score (nSPS) is 13.4. The van der Waals surface area contributed by atoms with Gasteiger partial charge in [-0.2, -0.15) is 0 Å². The highest BCUT2D eigenvalue weighted by Crippen LogP contribution is 2.54. The van der Waals surface area contributed by atoms with Crippen molar-refractivity contribution in [2.75, 3.05) is 9.71 Å². The van der Waals surface area contributed by atoms with Crippen LogP contribution in [0.5, 0.6) is 0 Å². The Morgan fingerprint density at radius 2 is 0.972 bits per heavy atom. The first-order valence-electron chi connectivity index (χ1n) is 25.3. The van der Waals surface area contributed by atoms with Gasteiger partial charge in [0.05, 0.1) is 15.7 Å². The summed E-state index contributed by atoms with van der Waals surface area (Å²) < 4.78 is 7.92. The summed E-state index contributed by atoms with van der Waals surface area (Å²) in [6, 6.07) is 74.3. The maximum atomic E-state index is 2.74. The monoisotopic (exact) mass is 959 g/mol. The summed E-state index contributed by atoms with van der Waals surface area (Å²) >= 11 is 3.85. The SMILES string of the molecule is CC(C)(C)c1ccc(N(c2ccc(C(C)(C)C)cc2)c2cc3c4c(c2)-n2c5c(cccc5c5ccc6ccccc6c52)B4N(c2cccc4c2sc2ccccc24)c2ccc4c(sc5ccccc54)c2-3)cc1. The van der Waals surface area contributed by atoms with E-state index in [1.54, 1.807) is 0 Å². The van der Waals surface area contributed by atoms with E-state index in [0.29, 0.717) is 0 Å². The van der Waals surface area contributed by atoms with Crippen LogP contribution >= 0.6 is 22.7 Å². The Hall–Kier alpha value is -7.64. The Kier molecular flexibility index (Phi) is 8.74. The van der Waals surface area contributed by atoms with Crippen LogP contribution in [0.3, 0.4) is 0 Å². The molecule has 0 N–H and O–H groups in total. The Bertz CT molecular complexity index is 4370. The van der Waals surface area contributed by atoms with Gasteiger partial charge in [-0.15, -0.1) is 22.7 Å². The average Bonchev–Trinajstić information content (AvgIpc) is 4.08. The lowest BCUT2D eigenvalue weighted by Gasteiger charge is -2.43. The molecule has 3 aromatic heterocycles. The molecule has 0 atom stereocenters. The molecule has 0 aliphatic carbocycles. The predicted octanol–water partition coefficient (Wildman–Crippen LogP) is 18.0. The van der Waals surface area contributed by atoms with E-state index in [1.165, 1.54) is 123 Å². The number of hydrogen-bond donors (Lipinski definition) is 0. The molecule has 3 nitrogen and oxygen atoms in total. The predicted molar refractivity (Wildman–Crippen MR) is 315 cm³/mol. The maximum Gasteiger partial charge on any atom is 0.333 e. The second-order valence-electron chi connectivity index (χ2n) is 22.1. The van der Waals surface area contributed by atoms with Crippen molar-refractivity contribution >= 4 is 142 Å². The summed E-state index contributed by atoms with van der Waals surface area (Å²) in [4.78, 5) is 5.26. The van der Waals surface area contributed by atoms with Crippen molar-refractivity contribution in [2.24, 2.45) is 0 Å². The highest BCUT2D eigenvalue weighted by atomic mass is 32.1. The molecular weight excluding hydrogens is 910 g/mol. The molecule has 15 rings (SSSR count). The molecule has 0 bridgehead atoms. The van der Waals surface area contributed by atoms with Crippen molar-refractivity contribution in [2.45, 2.75) is 52.4 Å². The molecule has 0 saturated carbocycles. The van der Waals surface area contributed by atoms with Gasteiger partial charge in [0.1, 0.15) is 0 Å². The highest BCUT2D eigenvalue weighted by Gasteiger charge is 2.46. The summed E-state index contributed by atoms with van der Waals surface area (Å²) in [5.74, 6) is 0. The van der Waals surface area contributed by atoms with Crippen molar-refractivity contribution in [3.8, 4) is 16.8 Å². The van der Waals surface area contributed by atoms with E-state index in [1.807, 2.05) is 22.7 Å². The average molecular weight is 960 g/mol. The number of nitrogens with zero attached hydrogens (tertiary/aromatic N) is 3. The fourth-order valence-corrected chi connectivity index (χ4v) is 14.9. The van der Waals surface area contributed by atoms with Gasteiger partial charge in [-0.25, -0.2) is 0 Å². The van der Waals surface area contributed by atoms with Gasteiger partial charge in [0.15, 0.2) is 0 Å². The molecule has 0 fully saturated rings. The molecule has 6 heteroatoms. The van der Waals surface area contributed by atoms with Crippen LogP contribution in [0.1, 0.15) is 52.7 Å². The van der Waals surface area contributed by atoms with E-state index in [-0.39, 0.29) is 17.7 Å². The molecule has 0 unspecified atom stereocenters.